The predicted octanol–water partition coefficient (Wildman–Crippen LogP) is 1.77. The van der Waals surface area contributed by atoms with Crippen molar-refractivity contribution in [1.29, 1.82) is 0 Å². The maximum absolute atomic E-state index is 13.9. The van der Waals surface area contributed by atoms with Crippen LogP contribution in [0.4, 0.5) is 14.9 Å². The average molecular weight is 277 g/mol. The highest BCUT2D eigenvalue weighted by Crippen LogP contribution is 2.35. The zero-order valence-corrected chi connectivity index (χ0v) is 11.0. The monoisotopic (exact) mass is 277 g/mol. The Bertz CT molecular complexity index is 582. The van der Waals surface area contributed by atoms with Crippen LogP contribution >= 0.6 is 0 Å². The molecule has 0 unspecified atom stereocenters. The lowest BCUT2D eigenvalue weighted by Crippen LogP contribution is -2.44. The average Bonchev–Trinajstić information content (AvgIpc) is 2.96. The van der Waals surface area contributed by atoms with E-state index in [2.05, 4.69) is 5.32 Å². The van der Waals surface area contributed by atoms with Gasteiger partial charge in [-0.1, -0.05) is 25.0 Å². The number of amides is 3. The fourth-order valence-corrected chi connectivity index (χ4v) is 3.03. The zero-order chi connectivity index (χ0) is 14.3. The van der Waals surface area contributed by atoms with Crippen LogP contribution in [0.3, 0.4) is 0 Å². The lowest BCUT2D eigenvalue weighted by molar-refractivity contribution is -0.131. The van der Waals surface area contributed by atoms with Gasteiger partial charge in [-0.25, -0.2) is 9.18 Å². The summed E-state index contributed by atoms with van der Waals surface area (Å²) >= 11 is 0. The molecule has 3 rings (SSSR count). The number of anilines is 1. The van der Waals surface area contributed by atoms with Crippen LogP contribution in [0.1, 0.15) is 31.2 Å². The maximum Gasteiger partial charge on any atom is 0.325 e. The van der Waals surface area contributed by atoms with Crippen molar-refractivity contribution in [3.05, 3.63) is 29.6 Å². The first kappa shape index (κ1) is 12.9. The van der Waals surface area contributed by atoms with Crippen molar-refractivity contribution in [1.82, 2.24) is 10.2 Å². The number of nitrogen functional groups attached to an aromatic ring is 1. The molecule has 2 aliphatic rings. The van der Waals surface area contributed by atoms with Crippen molar-refractivity contribution in [3.63, 3.8) is 0 Å². The van der Waals surface area contributed by atoms with Crippen molar-refractivity contribution >= 4 is 17.6 Å². The van der Waals surface area contributed by atoms with E-state index in [4.69, 9.17) is 5.73 Å². The molecule has 106 valence electrons. The van der Waals surface area contributed by atoms with Gasteiger partial charge in [0.25, 0.3) is 5.91 Å². The minimum atomic E-state index is -0.756. The van der Waals surface area contributed by atoms with E-state index < -0.39 is 17.4 Å². The van der Waals surface area contributed by atoms with E-state index in [0.717, 1.165) is 17.7 Å². The summed E-state index contributed by atoms with van der Waals surface area (Å²) < 4.78 is 13.9. The summed E-state index contributed by atoms with van der Waals surface area (Å²) in [5.74, 6) is -0.817. The Labute approximate surface area is 115 Å². The lowest BCUT2D eigenvalue weighted by Gasteiger charge is -2.20. The van der Waals surface area contributed by atoms with Gasteiger partial charge >= 0.3 is 6.03 Å². The molecule has 1 spiro atoms. The first-order chi connectivity index (χ1) is 9.53. The van der Waals surface area contributed by atoms with Gasteiger partial charge in [-0.2, -0.15) is 0 Å². The Kier molecular flexibility index (Phi) is 2.88. The number of rotatable bonds is 2. The topological polar surface area (TPSA) is 75.4 Å². The van der Waals surface area contributed by atoms with Crippen molar-refractivity contribution < 1.29 is 14.0 Å². The number of benzene rings is 1. The molecule has 5 nitrogen and oxygen atoms in total. The highest BCUT2D eigenvalue weighted by atomic mass is 19.1. The SMILES string of the molecule is Nc1cccc(CN2C(=O)NC3(CCCC3)C2=O)c1F. The molecular weight excluding hydrogens is 261 g/mol. The molecule has 0 atom stereocenters. The minimum absolute atomic E-state index is 0.0186. The molecule has 1 heterocycles. The van der Waals surface area contributed by atoms with Crippen LogP contribution in [0.5, 0.6) is 0 Å². The van der Waals surface area contributed by atoms with Crippen LogP contribution in [0.25, 0.3) is 0 Å². The number of nitrogens with zero attached hydrogens (tertiary/aromatic N) is 1. The lowest BCUT2D eigenvalue weighted by atomic mass is 9.98. The molecule has 1 aliphatic heterocycles. The van der Waals surface area contributed by atoms with Gasteiger partial charge in [0, 0.05) is 5.56 Å². The number of carbonyl (C=O) groups excluding carboxylic acids is 2. The van der Waals surface area contributed by atoms with Crippen LogP contribution in [0, 0.1) is 5.82 Å². The summed E-state index contributed by atoms with van der Waals surface area (Å²) in [7, 11) is 0. The maximum atomic E-state index is 13.9. The fourth-order valence-electron chi connectivity index (χ4n) is 3.03. The second-order valence-corrected chi connectivity index (χ2v) is 5.43. The Morgan fingerprint density at radius 1 is 1.30 bits per heavy atom. The molecule has 1 aromatic carbocycles. The van der Waals surface area contributed by atoms with E-state index in [-0.39, 0.29) is 23.7 Å². The molecule has 20 heavy (non-hydrogen) atoms. The van der Waals surface area contributed by atoms with E-state index in [1.807, 2.05) is 0 Å². The van der Waals surface area contributed by atoms with Crippen molar-refractivity contribution in [2.24, 2.45) is 0 Å². The molecule has 1 aromatic rings. The second kappa shape index (κ2) is 4.47. The van der Waals surface area contributed by atoms with Crippen molar-refractivity contribution in [3.8, 4) is 0 Å². The van der Waals surface area contributed by atoms with Gasteiger partial charge < -0.3 is 11.1 Å². The molecular formula is C14H16FN3O2. The summed E-state index contributed by atoms with van der Waals surface area (Å²) in [6.45, 7) is -0.0801. The molecule has 1 saturated heterocycles. The van der Waals surface area contributed by atoms with Crippen LogP contribution in [-0.2, 0) is 11.3 Å². The number of urea groups is 1. The molecule has 0 bridgehead atoms. The van der Waals surface area contributed by atoms with Gasteiger partial charge in [-0.3, -0.25) is 9.69 Å². The van der Waals surface area contributed by atoms with Gasteiger partial charge in [0.1, 0.15) is 5.54 Å². The van der Waals surface area contributed by atoms with Gasteiger partial charge in [-0.15, -0.1) is 0 Å². The third-order valence-electron chi connectivity index (χ3n) is 4.14. The first-order valence-electron chi connectivity index (χ1n) is 6.70. The summed E-state index contributed by atoms with van der Waals surface area (Å²) in [5.41, 5.74) is 5.02. The summed E-state index contributed by atoms with van der Waals surface area (Å²) in [6, 6.07) is 4.14. The zero-order valence-electron chi connectivity index (χ0n) is 11.0. The third kappa shape index (κ3) is 1.83. The van der Waals surface area contributed by atoms with E-state index in [9.17, 15) is 14.0 Å². The smallest absolute Gasteiger partial charge is 0.325 e. The molecule has 2 fully saturated rings. The van der Waals surface area contributed by atoms with Crippen LogP contribution < -0.4 is 11.1 Å². The molecule has 0 aromatic heterocycles. The molecule has 1 saturated carbocycles. The number of nitrogens with one attached hydrogen (secondary N) is 1. The van der Waals surface area contributed by atoms with Gasteiger partial charge in [0.05, 0.1) is 12.2 Å². The first-order valence-corrected chi connectivity index (χ1v) is 6.70. The standard InChI is InChI=1S/C14H16FN3O2/c15-11-9(4-3-5-10(11)16)8-18-12(19)14(17-13(18)20)6-1-2-7-14/h3-5H,1-2,6-8,16H2,(H,17,20). The number of halogens is 1. The molecule has 0 radical (unpaired) electrons. The summed E-state index contributed by atoms with van der Waals surface area (Å²) in [5, 5.41) is 2.77. The van der Waals surface area contributed by atoms with Gasteiger partial charge in [0.2, 0.25) is 0 Å². The molecule has 3 amide bonds. The Balaban J connectivity index is 1.86. The third-order valence-corrected chi connectivity index (χ3v) is 4.14. The van der Waals surface area contributed by atoms with E-state index in [1.165, 1.54) is 12.1 Å². The van der Waals surface area contributed by atoms with E-state index in [1.54, 1.807) is 6.07 Å². The highest BCUT2D eigenvalue weighted by Gasteiger charge is 2.52. The quantitative estimate of drug-likeness (QED) is 0.639. The number of carbonyl (C=O) groups is 2. The second-order valence-electron chi connectivity index (χ2n) is 5.43. The molecule has 1 aliphatic carbocycles. The predicted molar refractivity (Wildman–Crippen MR) is 71.1 cm³/mol. The van der Waals surface area contributed by atoms with Gasteiger partial charge in [-0.05, 0) is 18.9 Å². The fraction of sp³-hybridized carbons (Fsp3) is 0.429. The Hall–Kier alpha value is -2.11. The number of imide groups is 1. The number of hydrogen-bond acceptors (Lipinski definition) is 3. The van der Waals surface area contributed by atoms with Crippen LogP contribution in [0.2, 0.25) is 0 Å². The molecule has 3 N–H and O–H groups in total. The summed E-state index contributed by atoms with van der Waals surface area (Å²) in [6.07, 6.45) is 3.17. The van der Waals surface area contributed by atoms with Gasteiger partial charge in [0.15, 0.2) is 5.82 Å². The van der Waals surface area contributed by atoms with E-state index in [0.29, 0.717) is 12.8 Å². The number of hydrogen-bond donors (Lipinski definition) is 2. The number of nitrogens with two attached hydrogens (primary N) is 1. The Morgan fingerprint density at radius 3 is 2.70 bits per heavy atom. The van der Waals surface area contributed by atoms with Crippen molar-refractivity contribution in [2.75, 3.05) is 5.73 Å². The summed E-state index contributed by atoms with van der Waals surface area (Å²) in [4.78, 5) is 25.5. The van der Waals surface area contributed by atoms with Crippen LogP contribution in [-0.4, -0.2) is 22.4 Å². The van der Waals surface area contributed by atoms with Crippen molar-refractivity contribution in [2.45, 2.75) is 37.8 Å². The van der Waals surface area contributed by atoms with Crippen LogP contribution in [0.15, 0.2) is 18.2 Å². The molecule has 6 heteroatoms. The normalized spacial score (nSPS) is 20.8. The largest absolute Gasteiger partial charge is 0.396 e. The minimum Gasteiger partial charge on any atom is -0.396 e. The van der Waals surface area contributed by atoms with E-state index >= 15 is 0 Å². The highest BCUT2D eigenvalue weighted by molar-refractivity contribution is 6.07. The Morgan fingerprint density at radius 2 is 2.00 bits per heavy atom.